The number of nitrogens with zero attached hydrogens (tertiary/aromatic N) is 3. The highest BCUT2D eigenvalue weighted by molar-refractivity contribution is 7.28. The van der Waals surface area contributed by atoms with Gasteiger partial charge >= 0.3 is 5.97 Å². The molecule has 3 aromatic heterocycles. The number of halogens is 2. The number of amides is 2. The molecule has 2 aliphatic rings. The maximum Gasteiger partial charge on any atom is 0.307 e. The summed E-state index contributed by atoms with van der Waals surface area (Å²) in [5.41, 5.74) is 2.87. The second-order valence-corrected chi connectivity index (χ2v) is 15.6. The second kappa shape index (κ2) is 14.4. The van der Waals surface area contributed by atoms with E-state index in [0.717, 1.165) is 55.6 Å². The number of carboxylic acid groups (broad SMARTS) is 1. The first kappa shape index (κ1) is 34.0. The Morgan fingerprint density at radius 1 is 0.660 bits per heavy atom. The number of carboxylic acids is 1. The van der Waals surface area contributed by atoms with E-state index in [9.17, 15) is 19.5 Å². The molecule has 2 fully saturated rings. The molecule has 0 spiro atoms. The highest BCUT2D eigenvalue weighted by atomic mass is 32.1. The Balaban J connectivity index is 1.19. The first-order chi connectivity index (χ1) is 24.2. The van der Waals surface area contributed by atoms with Crippen molar-refractivity contribution in [1.82, 2.24) is 9.80 Å². The van der Waals surface area contributed by atoms with Crippen LogP contribution in [0.15, 0.2) is 65.7 Å². The van der Waals surface area contributed by atoms with Gasteiger partial charge in [-0.1, -0.05) is 12.1 Å². The van der Waals surface area contributed by atoms with Crippen molar-refractivity contribution < 1.29 is 28.3 Å². The molecule has 2 aromatic carbocycles. The summed E-state index contributed by atoms with van der Waals surface area (Å²) in [7, 11) is 0. The lowest BCUT2D eigenvalue weighted by Crippen LogP contribution is -2.28. The number of benzene rings is 2. The molecule has 0 radical (unpaired) electrons. The van der Waals surface area contributed by atoms with Crippen LogP contribution in [0, 0.1) is 11.6 Å². The van der Waals surface area contributed by atoms with Gasteiger partial charge in [-0.05, 0) is 103 Å². The Kier molecular flexibility index (Phi) is 9.76. The van der Waals surface area contributed by atoms with E-state index in [0.29, 0.717) is 54.3 Å². The number of rotatable bonds is 10. The van der Waals surface area contributed by atoms with E-state index in [2.05, 4.69) is 11.7 Å². The van der Waals surface area contributed by atoms with Gasteiger partial charge in [-0.3, -0.25) is 19.4 Å². The lowest BCUT2D eigenvalue weighted by atomic mass is 10.1. The molecule has 256 valence electrons. The highest BCUT2D eigenvalue weighted by Crippen LogP contribution is 2.47. The van der Waals surface area contributed by atoms with Crippen LogP contribution in [0.2, 0.25) is 0 Å². The average molecular weight is 730 g/mol. The lowest BCUT2D eigenvalue weighted by molar-refractivity contribution is -0.136. The number of likely N-dealkylation sites (tertiary alicyclic amines) is 2. The summed E-state index contributed by atoms with van der Waals surface area (Å²) in [4.78, 5) is 50.0. The highest BCUT2D eigenvalue weighted by Gasteiger charge is 2.25. The van der Waals surface area contributed by atoms with Gasteiger partial charge < -0.3 is 14.9 Å². The molecule has 50 heavy (non-hydrogen) atoms. The molecule has 1 N–H and O–H groups in total. The van der Waals surface area contributed by atoms with Gasteiger partial charge in [0.2, 0.25) is 0 Å². The minimum atomic E-state index is -0.979. The maximum atomic E-state index is 15.3. The Bertz CT molecular complexity index is 2120. The Labute approximate surface area is 300 Å². The number of thiophene rings is 3. The number of aliphatic imine (C=N–C) groups is 1. The molecule has 0 unspecified atom stereocenters. The van der Waals surface area contributed by atoms with Crippen molar-refractivity contribution in [2.24, 2.45) is 4.99 Å². The number of aliphatic carboxylic acids is 1. The summed E-state index contributed by atoms with van der Waals surface area (Å²) in [6, 6.07) is 17.0. The summed E-state index contributed by atoms with van der Waals surface area (Å²) in [6.45, 7) is 6.57. The molecule has 0 atom stereocenters. The summed E-state index contributed by atoms with van der Waals surface area (Å²) in [5.74, 6) is -2.73. The molecule has 5 aromatic rings. The second-order valence-electron chi connectivity index (χ2n) is 12.4. The maximum absolute atomic E-state index is 15.3. The molecule has 0 aliphatic carbocycles. The molecular weight excluding hydrogens is 697 g/mol. The van der Waals surface area contributed by atoms with Crippen molar-refractivity contribution in [3.63, 3.8) is 0 Å². The van der Waals surface area contributed by atoms with Crippen molar-refractivity contribution in [3.05, 3.63) is 94.6 Å². The number of hydrogen-bond donors (Lipinski definition) is 1. The van der Waals surface area contributed by atoms with Crippen molar-refractivity contribution in [2.45, 2.75) is 38.6 Å². The SMILES string of the molecule is C=NCc1cc(-c2ccc(C(=O)N3CCCC3)c(F)c2)sc1-c1ccc(-c2sc(-c3ccc(C(=O)N4CCCC4)c(F)c3)cc2CC(=O)O)s1. The van der Waals surface area contributed by atoms with Crippen LogP contribution in [-0.2, 0) is 17.8 Å². The zero-order valence-electron chi connectivity index (χ0n) is 27.0. The van der Waals surface area contributed by atoms with E-state index in [1.165, 1.54) is 52.2 Å². The smallest absolute Gasteiger partial charge is 0.307 e. The third-order valence-corrected chi connectivity index (χ3v) is 12.9. The number of carbonyl (C=O) groups is 3. The molecule has 0 bridgehead atoms. The minimum absolute atomic E-state index is 0.0375. The van der Waals surface area contributed by atoms with Gasteiger partial charge in [-0.2, -0.15) is 0 Å². The monoisotopic (exact) mass is 729 g/mol. The average Bonchev–Trinajstić information content (AvgIpc) is 3.93. The summed E-state index contributed by atoms with van der Waals surface area (Å²) >= 11 is 4.38. The van der Waals surface area contributed by atoms with Gasteiger partial charge in [0.15, 0.2) is 0 Å². The van der Waals surface area contributed by atoms with E-state index in [1.807, 2.05) is 18.2 Å². The van der Waals surface area contributed by atoms with Crippen molar-refractivity contribution in [3.8, 4) is 40.4 Å². The van der Waals surface area contributed by atoms with Gasteiger partial charge in [0.05, 0.1) is 24.1 Å². The van der Waals surface area contributed by atoms with Crippen LogP contribution in [0.25, 0.3) is 40.4 Å². The van der Waals surface area contributed by atoms with Gasteiger partial charge in [0, 0.05) is 55.4 Å². The third kappa shape index (κ3) is 6.79. The van der Waals surface area contributed by atoms with Crippen LogP contribution >= 0.6 is 34.0 Å². The van der Waals surface area contributed by atoms with Crippen molar-refractivity contribution >= 4 is 58.5 Å². The molecule has 2 amide bonds. The van der Waals surface area contributed by atoms with Gasteiger partial charge in [-0.25, -0.2) is 8.78 Å². The van der Waals surface area contributed by atoms with E-state index in [1.54, 1.807) is 34.1 Å². The molecule has 7 nitrogen and oxygen atoms in total. The summed E-state index contributed by atoms with van der Waals surface area (Å²) in [5, 5.41) is 9.72. The van der Waals surface area contributed by atoms with Crippen molar-refractivity contribution in [1.29, 1.82) is 0 Å². The van der Waals surface area contributed by atoms with Crippen LogP contribution in [0.3, 0.4) is 0 Å². The Morgan fingerprint density at radius 3 is 1.56 bits per heavy atom. The molecule has 2 saturated heterocycles. The molecule has 0 saturated carbocycles. The van der Waals surface area contributed by atoms with E-state index in [-0.39, 0.29) is 29.4 Å². The Morgan fingerprint density at radius 2 is 1.12 bits per heavy atom. The van der Waals surface area contributed by atoms with Crippen LogP contribution in [-0.4, -0.2) is 65.6 Å². The van der Waals surface area contributed by atoms with Crippen LogP contribution in [0.4, 0.5) is 8.78 Å². The molecule has 7 rings (SSSR count). The number of hydrogen-bond acceptors (Lipinski definition) is 7. The fourth-order valence-electron chi connectivity index (χ4n) is 6.54. The third-order valence-electron chi connectivity index (χ3n) is 9.05. The van der Waals surface area contributed by atoms with E-state index < -0.39 is 17.6 Å². The predicted octanol–water partition coefficient (Wildman–Crippen LogP) is 9.12. The molecular formula is C38H33F2N3O4S3. The minimum Gasteiger partial charge on any atom is -0.481 e. The normalized spacial score (nSPS) is 14.4. The van der Waals surface area contributed by atoms with E-state index in [4.69, 9.17) is 0 Å². The first-order valence-corrected chi connectivity index (χ1v) is 18.8. The Hall–Kier alpha value is -4.52. The van der Waals surface area contributed by atoms with Crippen LogP contribution < -0.4 is 0 Å². The fraction of sp³-hybridized carbons (Fsp3) is 0.263. The summed E-state index contributed by atoms with van der Waals surface area (Å²) in [6.07, 6.45) is 3.48. The predicted molar refractivity (Wildman–Crippen MR) is 197 cm³/mol. The zero-order valence-corrected chi connectivity index (χ0v) is 29.5. The largest absolute Gasteiger partial charge is 0.481 e. The van der Waals surface area contributed by atoms with Crippen LogP contribution in [0.1, 0.15) is 57.5 Å². The van der Waals surface area contributed by atoms with Crippen LogP contribution in [0.5, 0.6) is 0 Å². The van der Waals surface area contributed by atoms with E-state index >= 15 is 8.78 Å². The molecule has 2 aliphatic heterocycles. The molecule has 5 heterocycles. The topological polar surface area (TPSA) is 90.3 Å². The number of carbonyl (C=O) groups excluding carboxylic acids is 2. The lowest BCUT2D eigenvalue weighted by Gasteiger charge is -2.15. The zero-order chi connectivity index (χ0) is 34.9. The standard InChI is InChI=1S/C38H33F2N3O4S3/c1-41-21-25-19-33(23-7-9-27(29(40)17-23)38(47)43-14-4-5-15-43)50-36(25)31-11-10-30(48-31)35-24(20-34(44)45)18-32(49-35)22-6-8-26(28(39)16-22)37(46)42-12-2-3-13-42/h6-11,16-19H,1-5,12-15,20-21H2,(H,44,45). The van der Waals surface area contributed by atoms with Gasteiger partial charge in [-0.15, -0.1) is 34.0 Å². The van der Waals surface area contributed by atoms with Crippen molar-refractivity contribution in [2.75, 3.05) is 26.2 Å². The first-order valence-electron chi connectivity index (χ1n) is 16.4. The molecule has 12 heteroatoms. The fourth-order valence-corrected chi connectivity index (χ4v) is 10.2. The van der Waals surface area contributed by atoms with Gasteiger partial charge in [0.1, 0.15) is 11.6 Å². The van der Waals surface area contributed by atoms with Gasteiger partial charge in [0.25, 0.3) is 11.8 Å². The quantitative estimate of drug-likeness (QED) is 0.145. The summed E-state index contributed by atoms with van der Waals surface area (Å²) < 4.78 is 30.5.